The Labute approximate surface area is 98.0 Å². The molecule has 2 rings (SSSR count). The molecule has 0 aliphatic carbocycles. The molecule has 1 heterocycles. The summed E-state index contributed by atoms with van der Waals surface area (Å²) >= 11 is 0. The number of nitrogens with zero attached hydrogens (tertiary/aromatic N) is 1. The van der Waals surface area contributed by atoms with Crippen molar-refractivity contribution in [1.29, 1.82) is 0 Å². The Morgan fingerprint density at radius 3 is 2.31 bits per heavy atom. The van der Waals surface area contributed by atoms with Gasteiger partial charge in [0, 0.05) is 12.6 Å². The van der Waals surface area contributed by atoms with Crippen LogP contribution in [0.1, 0.15) is 33.3 Å². The second-order valence-corrected chi connectivity index (χ2v) is 2.74. The molecule has 0 radical (unpaired) electrons. The van der Waals surface area contributed by atoms with Crippen LogP contribution in [-0.4, -0.2) is 13.1 Å². The topological polar surface area (TPSA) is 29.5 Å². The van der Waals surface area contributed by atoms with E-state index in [9.17, 15) is 4.79 Å². The van der Waals surface area contributed by atoms with Gasteiger partial charge in [0.2, 0.25) is 0 Å². The van der Waals surface area contributed by atoms with Gasteiger partial charge < -0.3 is 4.74 Å². The lowest BCUT2D eigenvalue weighted by Gasteiger charge is -2.24. The van der Waals surface area contributed by atoms with Crippen molar-refractivity contribution < 1.29 is 9.53 Å². The molecule has 0 fully saturated rings. The summed E-state index contributed by atoms with van der Waals surface area (Å²) in [5.74, 6) is 0. The highest BCUT2D eigenvalue weighted by Gasteiger charge is 2.20. The third-order valence-electron chi connectivity index (χ3n) is 1.98. The van der Waals surface area contributed by atoms with E-state index < -0.39 is 0 Å². The molecule has 16 heavy (non-hydrogen) atoms. The fraction of sp³-hybridized carbons (Fsp3) is 0.462. The van der Waals surface area contributed by atoms with Crippen molar-refractivity contribution in [1.82, 2.24) is 0 Å². The molecule has 90 valence electrons. The van der Waals surface area contributed by atoms with E-state index in [2.05, 4.69) is 0 Å². The van der Waals surface area contributed by atoms with Gasteiger partial charge in [0.1, 0.15) is 6.61 Å². The van der Waals surface area contributed by atoms with E-state index in [1.807, 2.05) is 52.0 Å². The molecule has 1 aromatic rings. The van der Waals surface area contributed by atoms with Gasteiger partial charge in [-0.15, -0.1) is 0 Å². The molecule has 0 unspecified atom stereocenters. The van der Waals surface area contributed by atoms with Crippen molar-refractivity contribution in [3.05, 3.63) is 29.8 Å². The summed E-state index contributed by atoms with van der Waals surface area (Å²) in [6, 6.07) is 7.72. The van der Waals surface area contributed by atoms with Crippen molar-refractivity contribution in [2.75, 3.05) is 11.9 Å². The van der Waals surface area contributed by atoms with Gasteiger partial charge in [-0.25, -0.2) is 4.79 Å². The van der Waals surface area contributed by atoms with Gasteiger partial charge in [0.15, 0.2) is 0 Å². The number of para-hydroxylation sites is 1. The van der Waals surface area contributed by atoms with E-state index in [0.29, 0.717) is 6.61 Å². The lowest BCUT2D eigenvalue weighted by atomic mass is 10.1. The van der Waals surface area contributed by atoms with Gasteiger partial charge in [0.25, 0.3) is 0 Å². The largest absolute Gasteiger partial charge is 0.444 e. The SMILES string of the molecule is CC.CC.CN1C(=O)OCc2ccccc21. The monoisotopic (exact) mass is 223 g/mol. The van der Waals surface area contributed by atoms with E-state index in [0.717, 1.165) is 11.3 Å². The molecular weight excluding hydrogens is 202 g/mol. The fourth-order valence-electron chi connectivity index (χ4n) is 1.29. The second kappa shape index (κ2) is 7.74. The predicted octanol–water partition coefficient (Wildman–Crippen LogP) is 3.83. The average molecular weight is 223 g/mol. The maximum atomic E-state index is 11.1. The number of hydrogen-bond acceptors (Lipinski definition) is 2. The Kier molecular flexibility index (Phi) is 7.01. The normalized spacial score (nSPS) is 12.3. The molecule has 3 nitrogen and oxygen atoms in total. The number of rotatable bonds is 0. The summed E-state index contributed by atoms with van der Waals surface area (Å²) in [6.45, 7) is 8.39. The van der Waals surface area contributed by atoms with Crippen LogP contribution in [0.2, 0.25) is 0 Å². The first-order chi connectivity index (χ1) is 7.79. The first-order valence-corrected chi connectivity index (χ1v) is 5.77. The van der Waals surface area contributed by atoms with E-state index in [-0.39, 0.29) is 6.09 Å². The Hall–Kier alpha value is -1.51. The smallest absolute Gasteiger partial charge is 0.414 e. The van der Waals surface area contributed by atoms with E-state index >= 15 is 0 Å². The maximum absolute atomic E-state index is 11.1. The van der Waals surface area contributed by atoms with Crippen LogP contribution in [0.3, 0.4) is 0 Å². The molecule has 1 amide bonds. The number of benzene rings is 1. The number of fused-ring (bicyclic) bond motifs is 1. The second-order valence-electron chi connectivity index (χ2n) is 2.74. The van der Waals surface area contributed by atoms with Crippen molar-refractivity contribution in [2.45, 2.75) is 34.3 Å². The van der Waals surface area contributed by atoms with Crippen LogP contribution in [-0.2, 0) is 11.3 Å². The third-order valence-corrected chi connectivity index (χ3v) is 1.98. The van der Waals surface area contributed by atoms with Crippen molar-refractivity contribution in [2.24, 2.45) is 0 Å². The minimum absolute atomic E-state index is 0.284. The van der Waals surface area contributed by atoms with Crippen LogP contribution < -0.4 is 4.90 Å². The van der Waals surface area contributed by atoms with Gasteiger partial charge in [-0.2, -0.15) is 0 Å². The maximum Gasteiger partial charge on any atom is 0.414 e. The van der Waals surface area contributed by atoms with E-state index in [1.165, 1.54) is 4.90 Å². The highest BCUT2D eigenvalue weighted by Crippen LogP contribution is 2.24. The van der Waals surface area contributed by atoms with Crippen molar-refractivity contribution in [3.8, 4) is 0 Å². The number of hydrogen-bond donors (Lipinski definition) is 0. The van der Waals surface area contributed by atoms with Gasteiger partial charge >= 0.3 is 6.09 Å². The Balaban J connectivity index is 0.000000509. The zero-order valence-electron chi connectivity index (χ0n) is 10.8. The predicted molar refractivity (Wildman–Crippen MR) is 67.7 cm³/mol. The van der Waals surface area contributed by atoms with Crippen LogP contribution in [0, 0.1) is 0 Å². The number of ether oxygens (including phenoxy) is 1. The fourth-order valence-corrected chi connectivity index (χ4v) is 1.29. The number of carbonyl (C=O) groups excluding carboxylic acids is 1. The molecule has 0 saturated heterocycles. The average Bonchev–Trinajstić information content (AvgIpc) is 2.39. The first kappa shape index (κ1) is 14.5. The molecule has 1 aliphatic heterocycles. The summed E-state index contributed by atoms with van der Waals surface area (Å²) < 4.78 is 4.90. The Morgan fingerprint density at radius 1 is 1.12 bits per heavy atom. The van der Waals surface area contributed by atoms with Crippen LogP contribution in [0.15, 0.2) is 24.3 Å². The number of cyclic esters (lactones) is 1. The number of carbonyl (C=O) groups is 1. The summed E-state index contributed by atoms with van der Waals surface area (Å²) in [5.41, 5.74) is 1.99. The first-order valence-electron chi connectivity index (χ1n) is 5.77. The Bertz CT molecular complexity index is 323. The van der Waals surface area contributed by atoms with Crippen LogP contribution in [0.5, 0.6) is 0 Å². The third kappa shape index (κ3) is 3.26. The van der Waals surface area contributed by atoms with Crippen LogP contribution in [0.25, 0.3) is 0 Å². The van der Waals surface area contributed by atoms with Crippen LogP contribution >= 0.6 is 0 Å². The minimum Gasteiger partial charge on any atom is -0.444 e. The summed E-state index contributed by atoms with van der Waals surface area (Å²) in [4.78, 5) is 12.6. The molecular formula is C13H21NO2. The molecule has 0 saturated carbocycles. The van der Waals surface area contributed by atoms with Crippen LogP contribution in [0.4, 0.5) is 10.5 Å². The summed E-state index contributed by atoms with van der Waals surface area (Å²) in [7, 11) is 1.71. The molecule has 1 aromatic carbocycles. The number of anilines is 1. The van der Waals surface area contributed by atoms with E-state index in [1.54, 1.807) is 7.05 Å². The summed E-state index contributed by atoms with van der Waals surface area (Å²) in [6.07, 6.45) is -0.284. The lowest BCUT2D eigenvalue weighted by molar-refractivity contribution is 0.143. The molecule has 1 aliphatic rings. The molecule has 0 spiro atoms. The molecule has 0 atom stereocenters. The highest BCUT2D eigenvalue weighted by atomic mass is 16.6. The Morgan fingerprint density at radius 2 is 1.69 bits per heavy atom. The molecule has 0 bridgehead atoms. The molecule has 0 aromatic heterocycles. The summed E-state index contributed by atoms with van der Waals surface area (Å²) in [5, 5.41) is 0. The molecule has 3 heteroatoms. The zero-order chi connectivity index (χ0) is 12.6. The highest BCUT2D eigenvalue weighted by molar-refractivity contribution is 5.89. The van der Waals surface area contributed by atoms with Gasteiger partial charge in [-0.1, -0.05) is 45.9 Å². The van der Waals surface area contributed by atoms with Crippen molar-refractivity contribution in [3.63, 3.8) is 0 Å². The van der Waals surface area contributed by atoms with Crippen molar-refractivity contribution >= 4 is 11.8 Å². The standard InChI is InChI=1S/C9H9NO2.2C2H6/c1-10-8-5-3-2-4-7(8)6-12-9(10)11;2*1-2/h2-5H,6H2,1H3;2*1-2H3. The van der Waals surface area contributed by atoms with Gasteiger partial charge in [0.05, 0.1) is 5.69 Å². The zero-order valence-corrected chi connectivity index (χ0v) is 10.8. The lowest BCUT2D eigenvalue weighted by Crippen LogP contribution is -2.31. The molecule has 0 N–H and O–H groups in total. The van der Waals surface area contributed by atoms with E-state index in [4.69, 9.17) is 4.74 Å². The number of amides is 1. The minimum atomic E-state index is -0.284. The van der Waals surface area contributed by atoms with Gasteiger partial charge in [-0.3, -0.25) is 4.90 Å². The van der Waals surface area contributed by atoms with Gasteiger partial charge in [-0.05, 0) is 6.07 Å². The quantitative estimate of drug-likeness (QED) is 0.669.